The van der Waals surface area contributed by atoms with Gasteiger partial charge >= 0.3 is 0 Å². The zero-order valence-electron chi connectivity index (χ0n) is 13.1. The van der Waals surface area contributed by atoms with Gasteiger partial charge in [0.25, 0.3) is 0 Å². The fraction of sp³-hybridized carbons (Fsp3) is 0.647. The van der Waals surface area contributed by atoms with Crippen LogP contribution in [0.2, 0.25) is 5.02 Å². The van der Waals surface area contributed by atoms with E-state index >= 15 is 0 Å². The average Bonchev–Trinajstić information content (AvgIpc) is 2.39. The number of hydrogen-bond donors (Lipinski definition) is 1. The van der Waals surface area contributed by atoms with Crippen LogP contribution in [-0.2, 0) is 0 Å². The molecule has 0 bridgehead atoms. The Bertz CT molecular complexity index is 435. The molecule has 1 saturated carbocycles. The number of benzene rings is 1. The van der Waals surface area contributed by atoms with Crippen LogP contribution in [0.3, 0.4) is 0 Å². The van der Waals surface area contributed by atoms with Crippen molar-refractivity contribution in [2.45, 2.75) is 45.6 Å². The molecule has 0 amide bonds. The Morgan fingerprint density at radius 3 is 2.35 bits per heavy atom. The van der Waals surface area contributed by atoms with Gasteiger partial charge < -0.3 is 10.2 Å². The molecule has 2 nitrogen and oxygen atoms in total. The third kappa shape index (κ3) is 3.82. The highest BCUT2D eigenvalue weighted by atomic mass is 35.5. The first-order valence-corrected chi connectivity index (χ1v) is 8.08. The predicted octanol–water partition coefficient (Wildman–Crippen LogP) is 5.03. The first-order valence-electron chi connectivity index (χ1n) is 7.70. The molecule has 0 atom stereocenters. The Balaban J connectivity index is 2.02. The summed E-state index contributed by atoms with van der Waals surface area (Å²) in [6, 6.07) is 6.68. The lowest BCUT2D eigenvalue weighted by Gasteiger charge is -2.32. The van der Waals surface area contributed by atoms with Gasteiger partial charge in [-0.25, -0.2) is 0 Å². The molecule has 2 rings (SSSR count). The molecule has 0 saturated heterocycles. The molecule has 1 aliphatic carbocycles. The van der Waals surface area contributed by atoms with Gasteiger partial charge in [0.15, 0.2) is 0 Å². The van der Waals surface area contributed by atoms with E-state index in [1.807, 2.05) is 12.1 Å². The molecule has 3 heteroatoms. The normalized spacial score (nSPS) is 22.9. The van der Waals surface area contributed by atoms with Crippen molar-refractivity contribution < 1.29 is 0 Å². The van der Waals surface area contributed by atoms with Crippen molar-refractivity contribution in [2.24, 2.45) is 11.8 Å². The highest BCUT2D eigenvalue weighted by Gasteiger charge is 2.23. The zero-order valence-corrected chi connectivity index (χ0v) is 13.9. The van der Waals surface area contributed by atoms with E-state index in [0.717, 1.165) is 22.5 Å². The first kappa shape index (κ1) is 15.5. The smallest absolute Gasteiger partial charge is 0.0597 e. The maximum Gasteiger partial charge on any atom is 0.0597 e. The van der Waals surface area contributed by atoms with Gasteiger partial charge in [-0.15, -0.1) is 0 Å². The number of hydrogen-bond acceptors (Lipinski definition) is 2. The first-order chi connectivity index (χ1) is 9.47. The summed E-state index contributed by atoms with van der Waals surface area (Å²) in [4.78, 5) is 2.14. The molecule has 112 valence electrons. The predicted molar refractivity (Wildman–Crippen MR) is 90.0 cm³/mol. The molecule has 0 spiro atoms. The minimum atomic E-state index is 0.585. The van der Waals surface area contributed by atoms with Crippen LogP contribution >= 0.6 is 11.6 Å². The average molecular weight is 295 g/mol. The molecule has 1 aromatic carbocycles. The van der Waals surface area contributed by atoms with Crippen molar-refractivity contribution in [3.63, 3.8) is 0 Å². The van der Waals surface area contributed by atoms with E-state index in [9.17, 15) is 0 Å². The van der Waals surface area contributed by atoms with Gasteiger partial charge in [-0.05, 0) is 55.7 Å². The molecular weight excluding hydrogens is 268 g/mol. The van der Waals surface area contributed by atoms with Crippen molar-refractivity contribution in [1.82, 2.24) is 0 Å². The van der Waals surface area contributed by atoms with Crippen LogP contribution in [0.25, 0.3) is 0 Å². The van der Waals surface area contributed by atoms with Crippen molar-refractivity contribution in [2.75, 3.05) is 24.3 Å². The van der Waals surface area contributed by atoms with Crippen molar-refractivity contribution in [3.05, 3.63) is 23.2 Å². The highest BCUT2D eigenvalue weighted by Crippen LogP contribution is 2.34. The van der Waals surface area contributed by atoms with Crippen molar-refractivity contribution in [3.8, 4) is 0 Å². The van der Waals surface area contributed by atoms with Crippen LogP contribution in [0.4, 0.5) is 11.4 Å². The van der Waals surface area contributed by atoms with E-state index in [1.54, 1.807) is 0 Å². The minimum absolute atomic E-state index is 0.585. The molecule has 0 unspecified atom stereocenters. The van der Waals surface area contributed by atoms with Gasteiger partial charge in [0.1, 0.15) is 0 Å². The van der Waals surface area contributed by atoms with E-state index in [0.29, 0.717) is 6.04 Å². The zero-order chi connectivity index (χ0) is 14.7. The van der Waals surface area contributed by atoms with Crippen LogP contribution in [0.1, 0.15) is 39.5 Å². The van der Waals surface area contributed by atoms with Gasteiger partial charge in [-0.2, -0.15) is 0 Å². The summed E-state index contributed by atoms with van der Waals surface area (Å²) in [5.74, 6) is 1.72. The quantitative estimate of drug-likeness (QED) is 0.837. The Labute approximate surface area is 128 Å². The van der Waals surface area contributed by atoms with E-state index in [4.69, 9.17) is 11.6 Å². The standard InChI is InChI=1S/C17H27ClN2/c1-12(2)13-5-8-15(9-6-13)19-16-11-14(18)7-10-17(16)20(3)4/h7,10-13,15,19H,5-6,8-9H2,1-4H3. The number of nitrogens with zero attached hydrogens (tertiary/aromatic N) is 1. The highest BCUT2D eigenvalue weighted by molar-refractivity contribution is 6.31. The number of rotatable bonds is 4. The number of halogens is 1. The largest absolute Gasteiger partial charge is 0.381 e. The van der Waals surface area contributed by atoms with Gasteiger partial charge in [0.2, 0.25) is 0 Å². The summed E-state index contributed by atoms with van der Waals surface area (Å²) >= 11 is 6.15. The molecule has 0 radical (unpaired) electrons. The summed E-state index contributed by atoms with van der Waals surface area (Å²) in [5, 5.41) is 4.50. The third-order valence-electron chi connectivity index (χ3n) is 4.51. The topological polar surface area (TPSA) is 15.3 Å². The second-order valence-electron chi connectivity index (χ2n) is 6.56. The second-order valence-corrected chi connectivity index (χ2v) is 6.99. The van der Waals surface area contributed by atoms with E-state index in [2.05, 4.69) is 44.2 Å². The van der Waals surface area contributed by atoms with Crippen molar-refractivity contribution in [1.29, 1.82) is 0 Å². The maximum absolute atomic E-state index is 6.15. The summed E-state index contributed by atoms with van der Waals surface area (Å²) in [5.41, 5.74) is 2.37. The molecular formula is C17H27ClN2. The van der Waals surface area contributed by atoms with Gasteiger partial charge in [-0.1, -0.05) is 25.4 Å². The molecule has 0 aliphatic heterocycles. The lowest BCUT2D eigenvalue weighted by atomic mass is 9.79. The van der Waals surface area contributed by atoms with Crippen LogP contribution in [0, 0.1) is 11.8 Å². The summed E-state index contributed by atoms with van der Waals surface area (Å²) in [7, 11) is 4.15. The molecule has 1 aromatic rings. The number of anilines is 2. The maximum atomic E-state index is 6.15. The lowest BCUT2D eigenvalue weighted by Crippen LogP contribution is -2.28. The third-order valence-corrected chi connectivity index (χ3v) is 4.75. The summed E-state index contributed by atoms with van der Waals surface area (Å²) in [6.07, 6.45) is 5.21. The van der Waals surface area contributed by atoms with E-state index < -0.39 is 0 Å². The van der Waals surface area contributed by atoms with Gasteiger partial charge in [0, 0.05) is 25.2 Å². The second kappa shape index (κ2) is 6.71. The Kier molecular flexibility index (Phi) is 5.20. The molecule has 20 heavy (non-hydrogen) atoms. The monoisotopic (exact) mass is 294 g/mol. The van der Waals surface area contributed by atoms with Crippen LogP contribution in [0.5, 0.6) is 0 Å². The van der Waals surface area contributed by atoms with Crippen LogP contribution in [0.15, 0.2) is 18.2 Å². The van der Waals surface area contributed by atoms with E-state index in [1.165, 1.54) is 31.4 Å². The molecule has 1 N–H and O–H groups in total. The fourth-order valence-electron chi connectivity index (χ4n) is 3.16. The van der Waals surface area contributed by atoms with E-state index in [-0.39, 0.29) is 0 Å². The summed E-state index contributed by atoms with van der Waals surface area (Å²) < 4.78 is 0. The van der Waals surface area contributed by atoms with Crippen molar-refractivity contribution >= 4 is 23.0 Å². The van der Waals surface area contributed by atoms with Crippen LogP contribution in [-0.4, -0.2) is 20.1 Å². The Hall–Kier alpha value is -0.890. The SMILES string of the molecule is CC(C)C1CCC(Nc2cc(Cl)ccc2N(C)C)CC1. The molecule has 0 aromatic heterocycles. The number of nitrogens with one attached hydrogen (secondary N) is 1. The molecule has 1 fully saturated rings. The molecule has 1 aliphatic rings. The Morgan fingerprint density at radius 1 is 1.15 bits per heavy atom. The fourth-order valence-corrected chi connectivity index (χ4v) is 3.34. The molecule has 0 heterocycles. The lowest BCUT2D eigenvalue weighted by molar-refractivity contribution is 0.267. The minimum Gasteiger partial charge on any atom is -0.381 e. The summed E-state index contributed by atoms with van der Waals surface area (Å²) in [6.45, 7) is 4.69. The Morgan fingerprint density at radius 2 is 1.80 bits per heavy atom. The van der Waals surface area contributed by atoms with Crippen LogP contribution < -0.4 is 10.2 Å². The van der Waals surface area contributed by atoms with Gasteiger partial charge in [-0.3, -0.25) is 0 Å². The van der Waals surface area contributed by atoms with Gasteiger partial charge in [0.05, 0.1) is 11.4 Å².